The summed E-state index contributed by atoms with van der Waals surface area (Å²) < 4.78 is 0. The molecule has 2 aromatic carbocycles. The second-order valence-corrected chi connectivity index (χ2v) is 6.82. The van der Waals surface area contributed by atoms with Crippen molar-refractivity contribution in [2.75, 3.05) is 18.0 Å². The number of aryl methyl sites for hydroxylation is 2. The fraction of sp³-hybridized carbons (Fsp3) is 0.300. The average Bonchev–Trinajstić information content (AvgIpc) is 2.60. The quantitative estimate of drug-likeness (QED) is 0.820. The molecule has 1 fully saturated rings. The lowest BCUT2D eigenvalue weighted by molar-refractivity contribution is -0.124. The highest BCUT2D eigenvalue weighted by Crippen LogP contribution is 2.26. The number of halogens is 1. The molecule has 0 saturated carbocycles. The highest BCUT2D eigenvalue weighted by atomic mass is 35.5. The molecule has 3 rings (SSSR count). The molecule has 0 spiro atoms. The monoisotopic (exact) mass is 356 g/mol. The van der Waals surface area contributed by atoms with E-state index in [4.69, 9.17) is 11.6 Å². The van der Waals surface area contributed by atoms with Crippen LogP contribution in [0.4, 0.5) is 5.69 Å². The van der Waals surface area contributed by atoms with Crippen LogP contribution in [0.15, 0.2) is 42.5 Å². The zero-order valence-corrected chi connectivity index (χ0v) is 15.4. The second-order valence-electron chi connectivity index (χ2n) is 6.41. The third-order valence-electron chi connectivity index (χ3n) is 4.76. The molecule has 1 saturated heterocycles. The summed E-state index contributed by atoms with van der Waals surface area (Å²) in [6.07, 6.45) is 0. The maximum atomic E-state index is 12.9. The summed E-state index contributed by atoms with van der Waals surface area (Å²) in [6, 6.07) is 12.6. The minimum Gasteiger partial charge on any atom is -0.325 e. The van der Waals surface area contributed by atoms with Crippen molar-refractivity contribution < 1.29 is 9.59 Å². The van der Waals surface area contributed by atoms with Crippen molar-refractivity contribution in [3.05, 3.63) is 64.2 Å². The maximum absolute atomic E-state index is 12.9. The van der Waals surface area contributed by atoms with Gasteiger partial charge in [0.25, 0.3) is 5.91 Å². The Morgan fingerprint density at radius 2 is 1.80 bits per heavy atom. The van der Waals surface area contributed by atoms with E-state index in [1.807, 2.05) is 44.2 Å². The molecule has 25 heavy (non-hydrogen) atoms. The Bertz CT molecular complexity index is 834. The highest BCUT2D eigenvalue weighted by molar-refractivity contribution is 6.31. The van der Waals surface area contributed by atoms with E-state index < -0.39 is 6.04 Å². The number of rotatable bonds is 2. The third kappa shape index (κ3) is 3.27. The van der Waals surface area contributed by atoms with Gasteiger partial charge in [0, 0.05) is 29.4 Å². The number of nitrogens with zero attached hydrogens (tertiary/aromatic N) is 2. The van der Waals surface area contributed by atoms with Crippen LogP contribution < -0.4 is 4.90 Å². The summed E-state index contributed by atoms with van der Waals surface area (Å²) in [5.74, 6) is -0.186. The minimum absolute atomic E-state index is 0.0897. The van der Waals surface area contributed by atoms with Gasteiger partial charge in [-0.3, -0.25) is 9.59 Å². The van der Waals surface area contributed by atoms with Gasteiger partial charge in [0.1, 0.15) is 6.04 Å². The van der Waals surface area contributed by atoms with Crippen molar-refractivity contribution in [1.82, 2.24) is 4.90 Å². The first kappa shape index (κ1) is 17.5. The first-order chi connectivity index (χ1) is 11.9. The minimum atomic E-state index is -0.513. The molecule has 0 radical (unpaired) electrons. The zero-order chi connectivity index (χ0) is 18.1. The van der Waals surface area contributed by atoms with Crippen LogP contribution in [0.1, 0.15) is 28.4 Å². The Morgan fingerprint density at radius 1 is 1.08 bits per heavy atom. The first-order valence-corrected chi connectivity index (χ1v) is 8.72. The number of hydrogen-bond donors (Lipinski definition) is 0. The summed E-state index contributed by atoms with van der Waals surface area (Å²) in [4.78, 5) is 29.1. The van der Waals surface area contributed by atoms with Crippen LogP contribution in [0.3, 0.4) is 0 Å². The second kappa shape index (κ2) is 6.89. The Morgan fingerprint density at radius 3 is 2.48 bits per heavy atom. The molecule has 4 nitrogen and oxygen atoms in total. The Balaban J connectivity index is 1.83. The predicted molar refractivity (Wildman–Crippen MR) is 100 cm³/mol. The van der Waals surface area contributed by atoms with Crippen molar-refractivity contribution in [3.8, 4) is 0 Å². The van der Waals surface area contributed by atoms with E-state index in [-0.39, 0.29) is 11.8 Å². The Hall–Kier alpha value is -2.33. The number of carbonyl (C=O) groups is 2. The van der Waals surface area contributed by atoms with Crippen molar-refractivity contribution in [2.24, 2.45) is 0 Å². The molecule has 130 valence electrons. The van der Waals surface area contributed by atoms with Crippen LogP contribution in [0.25, 0.3) is 0 Å². The first-order valence-electron chi connectivity index (χ1n) is 8.34. The van der Waals surface area contributed by atoms with Gasteiger partial charge in [0.05, 0.1) is 0 Å². The Labute approximate surface area is 153 Å². The van der Waals surface area contributed by atoms with E-state index in [1.54, 1.807) is 28.9 Å². The third-order valence-corrected chi connectivity index (χ3v) is 5.17. The molecule has 1 aliphatic rings. The van der Waals surface area contributed by atoms with Gasteiger partial charge in [0.15, 0.2) is 0 Å². The summed E-state index contributed by atoms with van der Waals surface area (Å²) in [7, 11) is 0. The van der Waals surface area contributed by atoms with Crippen LogP contribution in [0.2, 0.25) is 5.02 Å². The van der Waals surface area contributed by atoms with Gasteiger partial charge in [0.2, 0.25) is 5.91 Å². The predicted octanol–water partition coefficient (Wildman–Crippen LogP) is 3.83. The smallest absolute Gasteiger partial charge is 0.254 e. The van der Waals surface area contributed by atoms with E-state index in [1.165, 1.54) is 0 Å². The molecule has 0 bridgehead atoms. The van der Waals surface area contributed by atoms with Gasteiger partial charge < -0.3 is 9.80 Å². The van der Waals surface area contributed by atoms with E-state index in [0.717, 1.165) is 16.8 Å². The fourth-order valence-electron chi connectivity index (χ4n) is 3.12. The van der Waals surface area contributed by atoms with Crippen LogP contribution in [0.5, 0.6) is 0 Å². The van der Waals surface area contributed by atoms with Crippen molar-refractivity contribution in [3.63, 3.8) is 0 Å². The fourth-order valence-corrected chi connectivity index (χ4v) is 3.30. The van der Waals surface area contributed by atoms with Gasteiger partial charge in [-0.25, -0.2) is 0 Å². The van der Waals surface area contributed by atoms with E-state index >= 15 is 0 Å². The zero-order valence-electron chi connectivity index (χ0n) is 14.6. The molecule has 5 heteroatoms. The molecule has 0 unspecified atom stereocenters. The largest absolute Gasteiger partial charge is 0.325 e. The summed E-state index contributed by atoms with van der Waals surface area (Å²) >= 11 is 6.19. The van der Waals surface area contributed by atoms with Crippen molar-refractivity contribution in [2.45, 2.75) is 26.8 Å². The van der Waals surface area contributed by atoms with E-state index in [9.17, 15) is 9.59 Å². The molecular weight excluding hydrogens is 336 g/mol. The molecule has 2 aromatic rings. The number of anilines is 1. The molecular formula is C20H21ClN2O2. The van der Waals surface area contributed by atoms with E-state index in [2.05, 4.69) is 0 Å². The average molecular weight is 357 g/mol. The molecule has 1 heterocycles. The van der Waals surface area contributed by atoms with Crippen LogP contribution in [0, 0.1) is 13.8 Å². The lowest BCUT2D eigenvalue weighted by Gasteiger charge is -2.39. The molecule has 0 aliphatic carbocycles. The SMILES string of the molecule is Cc1ccc(N2CCN(C(=O)c3ccccc3C)[C@H](C)C2=O)cc1Cl. The number of carbonyl (C=O) groups excluding carboxylic acids is 2. The highest BCUT2D eigenvalue weighted by Gasteiger charge is 2.35. The van der Waals surface area contributed by atoms with Crippen molar-refractivity contribution >= 4 is 29.1 Å². The normalized spacial score (nSPS) is 17.8. The number of benzene rings is 2. The van der Waals surface area contributed by atoms with Gasteiger partial charge >= 0.3 is 0 Å². The topological polar surface area (TPSA) is 40.6 Å². The van der Waals surface area contributed by atoms with Gasteiger partial charge in [-0.1, -0.05) is 35.9 Å². The molecule has 0 aromatic heterocycles. The van der Waals surface area contributed by atoms with Gasteiger partial charge in [-0.2, -0.15) is 0 Å². The van der Waals surface area contributed by atoms with Gasteiger partial charge in [-0.15, -0.1) is 0 Å². The summed E-state index contributed by atoms with van der Waals surface area (Å²) in [5, 5.41) is 0.636. The van der Waals surface area contributed by atoms with Crippen molar-refractivity contribution in [1.29, 1.82) is 0 Å². The standard InChI is InChI=1S/C20H21ClN2O2/c1-13-6-4-5-7-17(13)20(25)22-10-11-23(19(24)15(22)3)16-9-8-14(2)18(21)12-16/h4-9,12,15H,10-11H2,1-3H3/t15-/m1/s1. The summed E-state index contributed by atoms with van der Waals surface area (Å²) in [5.41, 5.74) is 3.31. The van der Waals surface area contributed by atoms with Crippen LogP contribution >= 0.6 is 11.6 Å². The van der Waals surface area contributed by atoms with Crippen LogP contribution in [-0.2, 0) is 4.79 Å². The molecule has 1 aliphatic heterocycles. The maximum Gasteiger partial charge on any atom is 0.254 e. The number of piperazine rings is 1. The lowest BCUT2D eigenvalue weighted by Crippen LogP contribution is -2.57. The van der Waals surface area contributed by atoms with E-state index in [0.29, 0.717) is 23.7 Å². The number of hydrogen-bond acceptors (Lipinski definition) is 2. The summed E-state index contributed by atoms with van der Waals surface area (Å²) in [6.45, 7) is 6.56. The lowest BCUT2D eigenvalue weighted by atomic mass is 10.0. The molecule has 2 amide bonds. The molecule has 0 N–H and O–H groups in total. The molecule has 1 atom stereocenters. The Kier molecular flexibility index (Phi) is 4.82. The van der Waals surface area contributed by atoms with Crippen LogP contribution in [-0.4, -0.2) is 35.8 Å². The number of amides is 2. The van der Waals surface area contributed by atoms with Gasteiger partial charge in [-0.05, 0) is 50.1 Å².